The summed E-state index contributed by atoms with van der Waals surface area (Å²) in [4.78, 5) is 10.8. The van der Waals surface area contributed by atoms with Crippen LogP contribution in [-0.4, -0.2) is 15.6 Å². The SMILES string of the molecule is CC(=O)Cc1ccn(CC(C)C)n1. The fraction of sp³-hybridized carbons (Fsp3) is 0.600. The summed E-state index contributed by atoms with van der Waals surface area (Å²) in [6.07, 6.45) is 2.38. The molecule has 0 aliphatic carbocycles. The van der Waals surface area contributed by atoms with Gasteiger partial charge in [0.05, 0.1) is 12.1 Å². The smallest absolute Gasteiger partial charge is 0.135 e. The third-order valence-electron chi connectivity index (χ3n) is 1.68. The van der Waals surface area contributed by atoms with Crippen LogP contribution in [0.5, 0.6) is 0 Å². The molecule has 1 heterocycles. The fourth-order valence-electron chi connectivity index (χ4n) is 1.23. The molecule has 3 heteroatoms. The van der Waals surface area contributed by atoms with Gasteiger partial charge in [0.25, 0.3) is 0 Å². The van der Waals surface area contributed by atoms with E-state index in [1.165, 1.54) is 0 Å². The second-order valence-corrected chi connectivity index (χ2v) is 3.80. The second-order valence-electron chi connectivity index (χ2n) is 3.80. The Morgan fingerprint density at radius 3 is 2.85 bits per heavy atom. The van der Waals surface area contributed by atoms with Gasteiger partial charge in [-0.15, -0.1) is 0 Å². The van der Waals surface area contributed by atoms with Gasteiger partial charge in [-0.25, -0.2) is 0 Å². The third kappa shape index (κ3) is 3.40. The standard InChI is InChI=1S/C10H16N2O/c1-8(2)7-12-5-4-10(11-12)6-9(3)13/h4-5,8H,6-7H2,1-3H3. The maximum atomic E-state index is 10.8. The lowest BCUT2D eigenvalue weighted by molar-refractivity contribution is -0.116. The van der Waals surface area contributed by atoms with Gasteiger partial charge in [0.15, 0.2) is 0 Å². The molecule has 0 unspecified atom stereocenters. The number of ketones is 1. The topological polar surface area (TPSA) is 34.9 Å². The fourth-order valence-corrected chi connectivity index (χ4v) is 1.23. The Morgan fingerprint density at radius 2 is 2.31 bits per heavy atom. The van der Waals surface area contributed by atoms with Crippen LogP contribution < -0.4 is 0 Å². The van der Waals surface area contributed by atoms with E-state index in [1.54, 1.807) is 6.92 Å². The Bertz CT molecular complexity index is 289. The van der Waals surface area contributed by atoms with Gasteiger partial charge in [-0.1, -0.05) is 13.8 Å². The molecule has 0 aliphatic heterocycles. The van der Waals surface area contributed by atoms with E-state index in [0.717, 1.165) is 12.2 Å². The van der Waals surface area contributed by atoms with E-state index in [-0.39, 0.29) is 5.78 Å². The maximum Gasteiger partial charge on any atom is 0.135 e. The van der Waals surface area contributed by atoms with Crippen LogP contribution >= 0.6 is 0 Å². The zero-order valence-corrected chi connectivity index (χ0v) is 8.45. The molecular formula is C10H16N2O. The lowest BCUT2D eigenvalue weighted by Crippen LogP contribution is -2.06. The van der Waals surface area contributed by atoms with E-state index in [1.807, 2.05) is 16.9 Å². The first-order valence-electron chi connectivity index (χ1n) is 4.59. The zero-order valence-electron chi connectivity index (χ0n) is 8.45. The van der Waals surface area contributed by atoms with Crippen molar-refractivity contribution in [1.29, 1.82) is 0 Å². The molecule has 0 saturated carbocycles. The quantitative estimate of drug-likeness (QED) is 0.706. The van der Waals surface area contributed by atoms with E-state index < -0.39 is 0 Å². The van der Waals surface area contributed by atoms with Gasteiger partial charge in [-0.05, 0) is 18.9 Å². The van der Waals surface area contributed by atoms with Gasteiger partial charge in [0.1, 0.15) is 5.78 Å². The molecule has 0 N–H and O–H groups in total. The molecule has 1 aromatic heterocycles. The highest BCUT2D eigenvalue weighted by Gasteiger charge is 2.02. The number of carbonyl (C=O) groups is 1. The van der Waals surface area contributed by atoms with Crippen LogP contribution in [0.3, 0.4) is 0 Å². The van der Waals surface area contributed by atoms with Gasteiger partial charge in [0, 0.05) is 12.7 Å². The Balaban J connectivity index is 2.58. The average Bonchev–Trinajstić information content (AvgIpc) is 2.33. The predicted octanol–water partition coefficient (Wildman–Crippen LogP) is 1.67. The predicted molar refractivity (Wildman–Crippen MR) is 51.5 cm³/mol. The minimum Gasteiger partial charge on any atom is -0.300 e. The van der Waals surface area contributed by atoms with Crippen molar-refractivity contribution in [3.05, 3.63) is 18.0 Å². The molecule has 0 fully saturated rings. The highest BCUT2D eigenvalue weighted by molar-refractivity contribution is 5.77. The van der Waals surface area contributed by atoms with Crippen molar-refractivity contribution in [3.63, 3.8) is 0 Å². The number of Topliss-reactive ketones (excluding diaryl/α,β-unsaturated/α-hetero) is 1. The van der Waals surface area contributed by atoms with Crippen molar-refractivity contribution in [2.24, 2.45) is 5.92 Å². The minimum absolute atomic E-state index is 0.162. The van der Waals surface area contributed by atoms with Crippen LogP contribution in [0.4, 0.5) is 0 Å². The molecule has 0 bridgehead atoms. The molecule has 0 spiro atoms. The summed E-state index contributed by atoms with van der Waals surface area (Å²) in [5, 5.41) is 4.29. The summed E-state index contributed by atoms with van der Waals surface area (Å²) < 4.78 is 1.89. The minimum atomic E-state index is 0.162. The molecule has 0 saturated heterocycles. The van der Waals surface area contributed by atoms with Crippen LogP contribution in [0.25, 0.3) is 0 Å². The summed E-state index contributed by atoms with van der Waals surface area (Å²) in [6.45, 7) is 6.79. The Morgan fingerprint density at radius 1 is 1.62 bits per heavy atom. The lowest BCUT2D eigenvalue weighted by Gasteiger charge is -2.03. The highest BCUT2D eigenvalue weighted by Crippen LogP contribution is 2.01. The summed E-state index contributed by atoms with van der Waals surface area (Å²) >= 11 is 0. The molecule has 3 nitrogen and oxygen atoms in total. The summed E-state index contributed by atoms with van der Waals surface area (Å²) in [6, 6.07) is 1.91. The summed E-state index contributed by atoms with van der Waals surface area (Å²) in [5.41, 5.74) is 0.869. The lowest BCUT2D eigenvalue weighted by atomic mass is 10.2. The number of aromatic nitrogens is 2. The summed E-state index contributed by atoms with van der Waals surface area (Å²) in [7, 11) is 0. The van der Waals surface area contributed by atoms with E-state index >= 15 is 0 Å². The molecule has 1 aromatic rings. The molecule has 13 heavy (non-hydrogen) atoms. The second kappa shape index (κ2) is 4.21. The van der Waals surface area contributed by atoms with Crippen LogP contribution in [-0.2, 0) is 17.8 Å². The first-order chi connectivity index (χ1) is 6.08. The van der Waals surface area contributed by atoms with Crippen LogP contribution in [0, 0.1) is 5.92 Å². The van der Waals surface area contributed by atoms with E-state index in [2.05, 4.69) is 18.9 Å². The van der Waals surface area contributed by atoms with Gasteiger partial charge in [-0.3, -0.25) is 9.48 Å². The van der Waals surface area contributed by atoms with Gasteiger partial charge < -0.3 is 0 Å². The molecular weight excluding hydrogens is 164 g/mol. The zero-order chi connectivity index (χ0) is 9.84. The Hall–Kier alpha value is -1.12. The molecule has 0 aliphatic rings. The molecule has 0 radical (unpaired) electrons. The van der Waals surface area contributed by atoms with Crippen molar-refractivity contribution in [3.8, 4) is 0 Å². The average molecular weight is 180 g/mol. The van der Waals surface area contributed by atoms with Crippen LogP contribution in [0.1, 0.15) is 26.5 Å². The molecule has 0 atom stereocenters. The first kappa shape index (κ1) is 9.96. The van der Waals surface area contributed by atoms with Crippen molar-refractivity contribution in [2.75, 3.05) is 0 Å². The van der Waals surface area contributed by atoms with E-state index in [9.17, 15) is 4.79 Å². The molecule has 72 valence electrons. The van der Waals surface area contributed by atoms with Crippen molar-refractivity contribution < 1.29 is 4.79 Å². The Kier molecular flexibility index (Phi) is 3.23. The van der Waals surface area contributed by atoms with E-state index in [0.29, 0.717) is 12.3 Å². The van der Waals surface area contributed by atoms with Crippen LogP contribution in [0.15, 0.2) is 12.3 Å². The molecule has 0 aromatic carbocycles. The maximum absolute atomic E-state index is 10.8. The van der Waals surface area contributed by atoms with Gasteiger partial charge in [-0.2, -0.15) is 5.10 Å². The third-order valence-corrected chi connectivity index (χ3v) is 1.68. The van der Waals surface area contributed by atoms with Gasteiger partial charge in [0.2, 0.25) is 0 Å². The van der Waals surface area contributed by atoms with Crippen molar-refractivity contribution in [2.45, 2.75) is 33.7 Å². The highest BCUT2D eigenvalue weighted by atomic mass is 16.1. The van der Waals surface area contributed by atoms with Crippen molar-refractivity contribution >= 4 is 5.78 Å². The molecule has 1 rings (SSSR count). The Labute approximate surface area is 78.8 Å². The monoisotopic (exact) mass is 180 g/mol. The largest absolute Gasteiger partial charge is 0.300 e. The number of hydrogen-bond acceptors (Lipinski definition) is 2. The normalized spacial score (nSPS) is 10.8. The number of carbonyl (C=O) groups excluding carboxylic acids is 1. The summed E-state index contributed by atoms with van der Waals surface area (Å²) in [5.74, 6) is 0.750. The van der Waals surface area contributed by atoms with Crippen LogP contribution in [0.2, 0.25) is 0 Å². The first-order valence-corrected chi connectivity index (χ1v) is 4.59. The van der Waals surface area contributed by atoms with Crippen molar-refractivity contribution in [1.82, 2.24) is 9.78 Å². The molecule has 0 amide bonds. The van der Waals surface area contributed by atoms with Gasteiger partial charge >= 0.3 is 0 Å². The number of nitrogens with zero attached hydrogens (tertiary/aromatic N) is 2. The number of rotatable bonds is 4. The van der Waals surface area contributed by atoms with E-state index in [4.69, 9.17) is 0 Å². The number of hydrogen-bond donors (Lipinski definition) is 0.